The summed E-state index contributed by atoms with van der Waals surface area (Å²) in [7, 11) is 3.60. The Morgan fingerprint density at radius 1 is 1.67 bits per heavy atom. The highest BCUT2D eigenvalue weighted by molar-refractivity contribution is 5.40. The van der Waals surface area contributed by atoms with Gasteiger partial charge in [-0.15, -0.1) is 0 Å². The van der Waals surface area contributed by atoms with Crippen molar-refractivity contribution in [3.8, 4) is 0 Å². The standard InChI is InChI=1S/C8H15N3O/c1-11-8(4-3-5-12-2)7(9)6-10-11/h6H,3-5,9H2,1-2H3. The van der Waals surface area contributed by atoms with E-state index in [9.17, 15) is 0 Å². The SMILES string of the molecule is COCCCc1c(N)cnn1C. The van der Waals surface area contributed by atoms with E-state index in [4.69, 9.17) is 10.5 Å². The van der Waals surface area contributed by atoms with Crippen LogP contribution in [0.3, 0.4) is 0 Å². The Kier molecular flexibility index (Phi) is 3.10. The maximum atomic E-state index is 5.70. The van der Waals surface area contributed by atoms with Crippen LogP contribution in [0.4, 0.5) is 5.69 Å². The molecule has 1 aromatic rings. The molecule has 4 nitrogen and oxygen atoms in total. The monoisotopic (exact) mass is 169 g/mol. The van der Waals surface area contributed by atoms with E-state index >= 15 is 0 Å². The van der Waals surface area contributed by atoms with E-state index in [1.54, 1.807) is 13.3 Å². The van der Waals surface area contributed by atoms with E-state index in [0.29, 0.717) is 0 Å². The Morgan fingerprint density at radius 2 is 2.42 bits per heavy atom. The summed E-state index contributed by atoms with van der Waals surface area (Å²) >= 11 is 0. The molecule has 0 spiro atoms. The van der Waals surface area contributed by atoms with Gasteiger partial charge in [0.2, 0.25) is 0 Å². The van der Waals surface area contributed by atoms with Gasteiger partial charge in [0, 0.05) is 20.8 Å². The van der Waals surface area contributed by atoms with E-state index < -0.39 is 0 Å². The lowest BCUT2D eigenvalue weighted by Crippen LogP contribution is -2.02. The van der Waals surface area contributed by atoms with Crippen LogP contribution in [0.25, 0.3) is 0 Å². The molecule has 0 aliphatic rings. The molecule has 1 rings (SSSR count). The highest BCUT2D eigenvalue weighted by atomic mass is 16.5. The number of hydrogen-bond acceptors (Lipinski definition) is 3. The van der Waals surface area contributed by atoms with E-state index in [-0.39, 0.29) is 0 Å². The van der Waals surface area contributed by atoms with Gasteiger partial charge in [-0.2, -0.15) is 5.10 Å². The first kappa shape index (κ1) is 9.06. The van der Waals surface area contributed by atoms with Crippen molar-refractivity contribution in [1.82, 2.24) is 9.78 Å². The van der Waals surface area contributed by atoms with Crippen LogP contribution in [0.5, 0.6) is 0 Å². The Morgan fingerprint density at radius 3 is 2.92 bits per heavy atom. The van der Waals surface area contributed by atoms with Crippen molar-refractivity contribution in [3.05, 3.63) is 11.9 Å². The van der Waals surface area contributed by atoms with E-state index in [2.05, 4.69) is 5.10 Å². The fourth-order valence-corrected chi connectivity index (χ4v) is 1.17. The highest BCUT2D eigenvalue weighted by Crippen LogP contribution is 2.11. The molecule has 0 aliphatic heterocycles. The van der Waals surface area contributed by atoms with Gasteiger partial charge in [-0.1, -0.05) is 0 Å². The minimum atomic E-state index is 0.768. The molecular weight excluding hydrogens is 154 g/mol. The Bertz CT molecular complexity index is 225. The minimum Gasteiger partial charge on any atom is -0.396 e. The van der Waals surface area contributed by atoms with Gasteiger partial charge < -0.3 is 10.5 Å². The van der Waals surface area contributed by atoms with Crippen LogP contribution in [0.15, 0.2) is 6.20 Å². The second-order valence-electron chi connectivity index (χ2n) is 2.77. The largest absolute Gasteiger partial charge is 0.396 e. The number of nitrogen functional groups attached to an aromatic ring is 1. The molecule has 0 saturated carbocycles. The molecule has 0 aromatic carbocycles. The molecule has 1 heterocycles. The molecule has 0 bridgehead atoms. The van der Waals surface area contributed by atoms with Crippen molar-refractivity contribution >= 4 is 5.69 Å². The third-order valence-electron chi connectivity index (χ3n) is 1.86. The number of rotatable bonds is 4. The number of aromatic nitrogens is 2. The predicted molar refractivity (Wildman–Crippen MR) is 47.8 cm³/mol. The van der Waals surface area contributed by atoms with Crippen LogP contribution in [0.2, 0.25) is 0 Å². The van der Waals surface area contributed by atoms with Gasteiger partial charge in [0.15, 0.2) is 0 Å². The fourth-order valence-electron chi connectivity index (χ4n) is 1.17. The van der Waals surface area contributed by atoms with Gasteiger partial charge in [0.05, 0.1) is 17.6 Å². The average Bonchev–Trinajstić information content (AvgIpc) is 2.35. The molecule has 0 aliphatic carbocycles. The molecule has 12 heavy (non-hydrogen) atoms. The quantitative estimate of drug-likeness (QED) is 0.671. The van der Waals surface area contributed by atoms with Crippen molar-refractivity contribution < 1.29 is 4.74 Å². The Balaban J connectivity index is 2.50. The second kappa shape index (κ2) is 4.11. The zero-order valence-corrected chi connectivity index (χ0v) is 7.58. The summed E-state index contributed by atoms with van der Waals surface area (Å²) in [5.74, 6) is 0. The third kappa shape index (κ3) is 1.98. The maximum Gasteiger partial charge on any atom is 0.0732 e. The smallest absolute Gasteiger partial charge is 0.0732 e. The lowest BCUT2D eigenvalue weighted by Gasteiger charge is -2.02. The van der Waals surface area contributed by atoms with Crippen molar-refractivity contribution in [1.29, 1.82) is 0 Å². The van der Waals surface area contributed by atoms with Crippen LogP contribution in [-0.4, -0.2) is 23.5 Å². The second-order valence-corrected chi connectivity index (χ2v) is 2.77. The molecule has 68 valence electrons. The zero-order chi connectivity index (χ0) is 8.97. The molecule has 0 fully saturated rings. The van der Waals surface area contributed by atoms with Gasteiger partial charge in [-0.05, 0) is 12.8 Å². The molecule has 2 N–H and O–H groups in total. The summed E-state index contributed by atoms with van der Waals surface area (Å²) in [6.45, 7) is 0.768. The molecule has 0 unspecified atom stereocenters. The fraction of sp³-hybridized carbons (Fsp3) is 0.625. The van der Waals surface area contributed by atoms with Crippen molar-refractivity contribution in [2.24, 2.45) is 7.05 Å². The van der Waals surface area contributed by atoms with Gasteiger partial charge in [-0.25, -0.2) is 0 Å². The number of hydrogen-bond donors (Lipinski definition) is 1. The van der Waals surface area contributed by atoms with Crippen LogP contribution >= 0.6 is 0 Å². The topological polar surface area (TPSA) is 53.1 Å². The Hall–Kier alpha value is -1.03. The molecule has 0 atom stereocenters. The van der Waals surface area contributed by atoms with Crippen LogP contribution in [0.1, 0.15) is 12.1 Å². The summed E-state index contributed by atoms with van der Waals surface area (Å²) in [6.07, 6.45) is 3.60. The predicted octanol–water partition coefficient (Wildman–Crippen LogP) is 0.581. The van der Waals surface area contributed by atoms with E-state index in [1.807, 2.05) is 11.7 Å². The van der Waals surface area contributed by atoms with Crippen LogP contribution < -0.4 is 5.73 Å². The number of nitrogens with zero attached hydrogens (tertiary/aromatic N) is 2. The molecule has 0 radical (unpaired) electrons. The summed E-state index contributed by atoms with van der Waals surface area (Å²) < 4.78 is 6.76. The summed E-state index contributed by atoms with van der Waals surface area (Å²) in [4.78, 5) is 0. The highest BCUT2D eigenvalue weighted by Gasteiger charge is 2.03. The lowest BCUT2D eigenvalue weighted by molar-refractivity contribution is 0.194. The molecule has 0 saturated heterocycles. The first-order valence-corrected chi connectivity index (χ1v) is 4.01. The zero-order valence-electron chi connectivity index (χ0n) is 7.58. The van der Waals surface area contributed by atoms with Crippen LogP contribution in [-0.2, 0) is 18.2 Å². The normalized spacial score (nSPS) is 10.5. The number of nitrogens with two attached hydrogens (primary N) is 1. The van der Waals surface area contributed by atoms with E-state index in [1.165, 1.54) is 0 Å². The molecule has 4 heteroatoms. The van der Waals surface area contributed by atoms with Crippen molar-refractivity contribution in [2.75, 3.05) is 19.5 Å². The molecule has 1 aromatic heterocycles. The van der Waals surface area contributed by atoms with Gasteiger partial charge >= 0.3 is 0 Å². The Labute approximate surface area is 72.3 Å². The summed E-state index contributed by atoms with van der Waals surface area (Å²) in [5.41, 5.74) is 7.56. The first-order valence-electron chi connectivity index (χ1n) is 4.01. The number of aryl methyl sites for hydroxylation is 1. The van der Waals surface area contributed by atoms with Crippen LogP contribution in [0, 0.1) is 0 Å². The average molecular weight is 169 g/mol. The van der Waals surface area contributed by atoms with Gasteiger partial charge in [0.1, 0.15) is 0 Å². The van der Waals surface area contributed by atoms with E-state index in [0.717, 1.165) is 30.8 Å². The van der Waals surface area contributed by atoms with Crippen molar-refractivity contribution in [2.45, 2.75) is 12.8 Å². The summed E-state index contributed by atoms with van der Waals surface area (Å²) in [5, 5.41) is 4.05. The van der Waals surface area contributed by atoms with Gasteiger partial charge in [0.25, 0.3) is 0 Å². The first-order chi connectivity index (χ1) is 5.75. The number of ether oxygens (including phenoxy) is 1. The lowest BCUT2D eigenvalue weighted by atomic mass is 10.2. The number of methoxy groups -OCH3 is 1. The molecule has 0 amide bonds. The molecular formula is C8H15N3O. The summed E-state index contributed by atoms with van der Waals surface area (Å²) in [6, 6.07) is 0. The van der Waals surface area contributed by atoms with Gasteiger partial charge in [-0.3, -0.25) is 4.68 Å². The maximum absolute atomic E-state index is 5.70. The third-order valence-corrected chi connectivity index (χ3v) is 1.86. The van der Waals surface area contributed by atoms with Crippen molar-refractivity contribution in [3.63, 3.8) is 0 Å². The number of anilines is 1. The minimum absolute atomic E-state index is 0.768.